The van der Waals surface area contributed by atoms with Crippen molar-refractivity contribution in [1.29, 1.82) is 0 Å². The third kappa shape index (κ3) is 7.34. The van der Waals surface area contributed by atoms with Gasteiger partial charge in [0, 0.05) is 24.8 Å². The average Bonchev–Trinajstić information content (AvgIpc) is 3.34. The van der Waals surface area contributed by atoms with E-state index in [1.807, 2.05) is 0 Å². The van der Waals surface area contributed by atoms with Crippen LogP contribution in [0.15, 0.2) is 36.4 Å². The van der Waals surface area contributed by atoms with Crippen LogP contribution in [0.25, 0.3) is 11.0 Å². The third-order valence-electron chi connectivity index (χ3n) is 7.14. The van der Waals surface area contributed by atoms with Gasteiger partial charge in [-0.25, -0.2) is 31.3 Å². The van der Waals surface area contributed by atoms with Crippen molar-refractivity contribution in [3.63, 3.8) is 0 Å². The van der Waals surface area contributed by atoms with Crippen LogP contribution in [-0.4, -0.2) is 46.9 Å². The molecule has 0 spiro atoms. The lowest BCUT2D eigenvalue weighted by Gasteiger charge is -2.33. The average molecular weight is 609 g/mol. The number of H-pyrrole nitrogens is 1. The fourth-order valence-corrected chi connectivity index (χ4v) is 5.03. The second-order valence-electron chi connectivity index (χ2n) is 10.1. The number of aromatic nitrogens is 2. The van der Waals surface area contributed by atoms with Gasteiger partial charge in [-0.1, -0.05) is 18.2 Å². The molecule has 1 aliphatic carbocycles. The Hall–Kier alpha value is -3.78. The number of aromatic amines is 1. The highest BCUT2D eigenvalue weighted by Crippen LogP contribution is 2.41. The number of carbonyl (C=O) groups is 2. The largest absolute Gasteiger partial charge is 0.405 e. The van der Waals surface area contributed by atoms with Crippen molar-refractivity contribution >= 4 is 22.8 Å². The minimum absolute atomic E-state index is 0.0240. The van der Waals surface area contributed by atoms with E-state index in [1.165, 1.54) is 29.6 Å². The number of rotatable bonds is 9. The molecule has 1 saturated carbocycles. The van der Waals surface area contributed by atoms with E-state index in [1.54, 1.807) is 0 Å². The lowest BCUT2D eigenvalue weighted by Crippen LogP contribution is -2.38. The van der Waals surface area contributed by atoms with E-state index in [2.05, 4.69) is 15.3 Å². The molecule has 1 aromatic heterocycles. The summed E-state index contributed by atoms with van der Waals surface area (Å²) in [5.74, 6) is -10.1. The second-order valence-corrected chi connectivity index (χ2v) is 10.1. The van der Waals surface area contributed by atoms with Gasteiger partial charge in [0.1, 0.15) is 23.7 Å². The standard InChI is InChI=1S/C27H25F9N4O2/c28-17-4-2-1-3-15(17)25(42)40-21(13-7-9-26(32,33)10-8-13)23-38-18-6-5-14(20(31)22(18)39-23)16(11-19(29)30)24(41)37-12-27(34,35)36/h1-6,13,16,19,21H,7-12H2,(H,37,41)(H,38,39)(H,40,42)/t16-,21+/m1/s1. The summed E-state index contributed by atoms with van der Waals surface area (Å²) in [7, 11) is 0. The Kier molecular flexibility index (Phi) is 9.06. The van der Waals surface area contributed by atoms with Gasteiger partial charge in [-0.3, -0.25) is 9.59 Å². The maximum atomic E-state index is 15.6. The molecule has 3 aromatic rings. The first-order valence-electron chi connectivity index (χ1n) is 12.9. The summed E-state index contributed by atoms with van der Waals surface area (Å²) in [4.78, 5) is 32.2. The third-order valence-corrected chi connectivity index (χ3v) is 7.14. The Morgan fingerprint density at radius 2 is 1.71 bits per heavy atom. The molecule has 42 heavy (non-hydrogen) atoms. The molecule has 4 rings (SSSR count). The molecule has 0 aliphatic heterocycles. The fraction of sp³-hybridized carbons (Fsp3) is 0.444. The first-order valence-corrected chi connectivity index (χ1v) is 12.9. The Bertz CT molecular complexity index is 1430. The maximum Gasteiger partial charge on any atom is 0.405 e. The highest BCUT2D eigenvalue weighted by atomic mass is 19.4. The van der Waals surface area contributed by atoms with Gasteiger partial charge in [0.05, 0.1) is 23.0 Å². The number of halogens is 9. The van der Waals surface area contributed by atoms with Crippen LogP contribution in [0.5, 0.6) is 0 Å². The molecule has 228 valence electrons. The number of fused-ring (bicyclic) bond motifs is 1. The Balaban J connectivity index is 1.70. The monoisotopic (exact) mass is 608 g/mol. The molecule has 1 fully saturated rings. The summed E-state index contributed by atoms with van der Waals surface area (Å²) in [5, 5.41) is 4.06. The zero-order valence-electron chi connectivity index (χ0n) is 21.7. The lowest BCUT2D eigenvalue weighted by molar-refractivity contribution is -0.139. The smallest absolute Gasteiger partial charge is 0.346 e. The highest BCUT2D eigenvalue weighted by molar-refractivity contribution is 5.94. The molecule has 2 amide bonds. The fourth-order valence-electron chi connectivity index (χ4n) is 5.03. The molecule has 0 unspecified atom stereocenters. The molecule has 2 atom stereocenters. The number of hydrogen-bond donors (Lipinski definition) is 3. The normalized spacial score (nSPS) is 17.3. The van der Waals surface area contributed by atoms with Gasteiger partial charge in [0.15, 0.2) is 5.82 Å². The number of hydrogen-bond acceptors (Lipinski definition) is 3. The predicted molar refractivity (Wildman–Crippen MR) is 132 cm³/mol. The summed E-state index contributed by atoms with van der Waals surface area (Å²) in [6.07, 6.45) is -10.4. The van der Waals surface area contributed by atoms with E-state index < -0.39 is 96.7 Å². The molecular weight excluding hydrogens is 583 g/mol. The number of alkyl halides is 7. The zero-order valence-corrected chi connectivity index (χ0v) is 21.7. The molecule has 1 aliphatic rings. The van der Waals surface area contributed by atoms with Crippen LogP contribution in [0.3, 0.4) is 0 Å². The summed E-state index contributed by atoms with van der Waals surface area (Å²) in [6, 6.07) is 6.01. The molecule has 0 bridgehead atoms. The Labute approximate surface area is 233 Å². The first kappa shape index (κ1) is 31.2. The zero-order chi connectivity index (χ0) is 30.8. The van der Waals surface area contributed by atoms with Crippen LogP contribution >= 0.6 is 0 Å². The predicted octanol–water partition coefficient (Wildman–Crippen LogP) is 6.56. The Morgan fingerprint density at radius 3 is 2.33 bits per heavy atom. The minimum Gasteiger partial charge on any atom is -0.346 e. The van der Waals surface area contributed by atoms with Gasteiger partial charge in [0.2, 0.25) is 18.3 Å². The molecule has 15 heteroatoms. The van der Waals surface area contributed by atoms with E-state index in [4.69, 9.17) is 0 Å². The molecule has 2 aromatic carbocycles. The number of amides is 2. The summed E-state index contributed by atoms with van der Waals surface area (Å²) in [5.41, 5.74) is -1.47. The maximum absolute atomic E-state index is 15.6. The van der Waals surface area contributed by atoms with Crippen LogP contribution in [0.1, 0.15) is 65.8 Å². The highest BCUT2D eigenvalue weighted by Gasteiger charge is 2.40. The number of nitrogens with one attached hydrogen (secondary N) is 3. The van der Waals surface area contributed by atoms with Gasteiger partial charge in [-0.05, 0) is 37.0 Å². The van der Waals surface area contributed by atoms with E-state index in [0.717, 1.165) is 12.1 Å². The van der Waals surface area contributed by atoms with E-state index in [-0.39, 0.29) is 29.7 Å². The molecule has 3 N–H and O–H groups in total. The van der Waals surface area contributed by atoms with Crippen LogP contribution in [-0.2, 0) is 4.79 Å². The van der Waals surface area contributed by atoms with Crippen LogP contribution < -0.4 is 10.6 Å². The van der Waals surface area contributed by atoms with Crippen LogP contribution in [0.2, 0.25) is 0 Å². The van der Waals surface area contributed by atoms with Crippen molar-refractivity contribution in [2.45, 2.75) is 62.6 Å². The number of carbonyl (C=O) groups excluding carboxylic acids is 2. The van der Waals surface area contributed by atoms with Crippen molar-refractivity contribution in [2.24, 2.45) is 5.92 Å². The Morgan fingerprint density at radius 1 is 1.05 bits per heavy atom. The van der Waals surface area contributed by atoms with E-state index in [0.29, 0.717) is 0 Å². The second kappa shape index (κ2) is 12.2. The number of nitrogens with zero attached hydrogens (tertiary/aromatic N) is 1. The summed E-state index contributed by atoms with van der Waals surface area (Å²) >= 11 is 0. The van der Waals surface area contributed by atoms with Gasteiger partial charge in [0.25, 0.3) is 5.91 Å². The topological polar surface area (TPSA) is 86.9 Å². The number of benzene rings is 2. The summed E-state index contributed by atoms with van der Waals surface area (Å²) < 4.78 is 122. The molecule has 0 saturated heterocycles. The van der Waals surface area contributed by atoms with E-state index in [9.17, 15) is 44.7 Å². The minimum atomic E-state index is -4.84. The van der Waals surface area contributed by atoms with Gasteiger partial charge < -0.3 is 15.6 Å². The van der Waals surface area contributed by atoms with Crippen molar-refractivity contribution in [2.75, 3.05) is 6.54 Å². The van der Waals surface area contributed by atoms with Gasteiger partial charge in [-0.2, -0.15) is 13.2 Å². The molecule has 0 radical (unpaired) electrons. The van der Waals surface area contributed by atoms with Crippen molar-refractivity contribution in [1.82, 2.24) is 20.6 Å². The van der Waals surface area contributed by atoms with Gasteiger partial charge >= 0.3 is 6.18 Å². The summed E-state index contributed by atoms with van der Waals surface area (Å²) in [6.45, 7) is -1.81. The first-order chi connectivity index (χ1) is 19.6. The quantitative estimate of drug-likeness (QED) is 0.241. The molecule has 1 heterocycles. The molecule has 6 nitrogen and oxygen atoms in total. The number of imidazole rings is 1. The van der Waals surface area contributed by atoms with E-state index >= 15 is 4.39 Å². The van der Waals surface area contributed by atoms with Crippen molar-refractivity contribution < 1.29 is 49.1 Å². The van der Waals surface area contributed by atoms with Crippen molar-refractivity contribution in [3.05, 3.63) is 65.0 Å². The van der Waals surface area contributed by atoms with Crippen LogP contribution in [0, 0.1) is 17.6 Å². The van der Waals surface area contributed by atoms with Crippen molar-refractivity contribution in [3.8, 4) is 0 Å². The van der Waals surface area contributed by atoms with Gasteiger partial charge in [-0.15, -0.1) is 0 Å². The van der Waals surface area contributed by atoms with Crippen LogP contribution in [0.4, 0.5) is 39.5 Å². The lowest BCUT2D eigenvalue weighted by atomic mass is 9.81. The SMILES string of the molecule is O=C(N[C@H](c1nc2c(F)c([C@@H](CC(F)F)C(=O)NCC(F)(F)F)ccc2[nH]1)C1CCC(F)(F)CC1)c1ccccc1F. The molecular formula is C27H25F9N4O2.